The summed E-state index contributed by atoms with van der Waals surface area (Å²) in [5.41, 5.74) is 4.63. The lowest BCUT2D eigenvalue weighted by atomic mass is 9.75. The van der Waals surface area contributed by atoms with E-state index < -0.39 is 0 Å². The Hall–Kier alpha value is -2.29. The SMILES string of the molecule is COc1ccc(C)c2c1N[C@H](c1cccc(F)c1)[C@@H]1CC=C[C@H]21. The average Bonchev–Trinajstić information content (AvgIpc) is 3.03. The van der Waals surface area contributed by atoms with Crippen molar-refractivity contribution >= 4 is 5.69 Å². The van der Waals surface area contributed by atoms with Gasteiger partial charge in [0.2, 0.25) is 0 Å². The lowest BCUT2D eigenvalue weighted by Crippen LogP contribution is -2.30. The molecule has 0 bridgehead atoms. The van der Waals surface area contributed by atoms with E-state index in [1.807, 2.05) is 12.1 Å². The summed E-state index contributed by atoms with van der Waals surface area (Å²) in [4.78, 5) is 0. The molecule has 1 heterocycles. The predicted molar refractivity (Wildman–Crippen MR) is 90.5 cm³/mol. The summed E-state index contributed by atoms with van der Waals surface area (Å²) in [6.07, 6.45) is 5.55. The van der Waals surface area contributed by atoms with Crippen molar-refractivity contribution in [3.8, 4) is 5.75 Å². The van der Waals surface area contributed by atoms with Crippen LogP contribution in [0, 0.1) is 18.7 Å². The maximum atomic E-state index is 13.7. The Morgan fingerprint density at radius 2 is 2.09 bits per heavy atom. The van der Waals surface area contributed by atoms with Gasteiger partial charge < -0.3 is 10.1 Å². The second-order valence-corrected chi connectivity index (χ2v) is 6.40. The van der Waals surface area contributed by atoms with E-state index in [4.69, 9.17) is 4.74 Å². The molecule has 4 rings (SSSR count). The highest BCUT2D eigenvalue weighted by molar-refractivity contribution is 5.69. The van der Waals surface area contributed by atoms with Crippen LogP contribution in [-0.2, 0) is 0 Å². The number of nitrogens with one attached hydrogen (secondary N) is 1. The first-order valence-corrected chi connectivity index (χ1v) is 8.05. The van der Waals surface area contributed by atoms with Crippen LogP contribution in [0.25, 0.3) is 0 Å². The number of halogens is 1. The van der Waals surface area contributed by atoms with Crippen LogP contribution in [0.2, 0.25) is 0 Å². The third-order valence-electron chi connectivity index (χ3n) is 5.13. The first-order chi connectivity index (χ1) is 11.2. The van der Waals surface area contributed by atoms with Crippen molar-refractivity contribution in [3.63, 3.8) is 0 Å². The quantitative estimate of drug-likeness (QED) is 0.791. The molecule has 0 spiro atoms. The number of ether oxygens (including phenoxy) is 1. The van der Waals surface area contributed by atoms with Crippen LogP contribution in [0.3, 0.4) is 0 Å². The largest absolute Gasteiger partial charge is 0.495 e. The Morgan fingerprint density at radius 3 is 2.87 bits per heavy atom. The van der Waals surface area contributed by atoms with Crippen molar-refractivity contribution in [2.24, 2.45) is 5.92 Å². The standard InChI is InChI=1S/C20H20FNO/c1-12-9-10-17(23-2)20-18(12)15-7-4-8-16(15)19(22-20)13-5-3-6-14(21)11-13/h3-7,9-11,15-16,19,22H,8H2,1-2H3/t15-,16+,19+/m0/s1. The lowest BCUT2D eigenvalue weighted by molar-refractivity contribution is 0.396. The molecular formula is C20H20FNO. The highest BCUT2D eigenvalue weighted by atomic mass is 19.1. The number of benzene rings is 2. The molecular weight excluding hydrogens is 289 g/mol. The van der Waals surface area contributed by atoms with E-state index in [0.717, 1.165) is 23.4 Å². The van der Waals surface area contributed by atoms with Crippen LogP contribution in [0.15, 0.2) is 48.6 Å². The smallest absolute Gasteiger partial charge is 0.142 e. The molecule has 118 valence electrons. The highest BCUT2D eigenvalue weighted by Gasteiger charge is 2.39. The zero-order chi connectivity index (χ0) is 16.0. The molecule has 0 unspecified atom stereocenters. The van der Waals surface area contributed by atoms with Gasteiger partial charge in [0.05, 0.1) is 18.8 Å². The molecule has 2 aromatic carbocycles. The fraction of sp³-hybridized carbons (Fsp3) is 0.300. The number of rotatable bonds is 2. The first-order valence-electron chi connectivity index (χ1n) is 8.05. The maximum absolute atomic E-state index is 13.7. The van der Waals surface area contributed by atoms with E-state index >= 15 is 0 Å². The summed E-state index contributed by atoms with van der Waals surface area (Å²) in [6, 6.07) is 11.1. The van der Waals surface area contributed by atoms with E-state index in [1.165, 1.54) is 17.2 Å². The topological polar surface area (TPSA) is 21.3 Å². The van der Waals surface area contributed by atoms with Gasteiger partial charge in [-0.2, -0.15) is 0 Å². The van der Waals surface area contributed by atoms with Gasteiger partial charge in [-0.1, -0.05) is 30.4 Å². The molecule has 1 aliphatic carbocycles. The number of hydrogen-bond acceptors (Lipinski definition) is 2. The molecule has 0 saturated carbocycles. The summed E-state index contributed by atoms with van der Waals surface area (Å²) in [6.45, 7) is 2.14. The lowest BCUT2D eigenvalue weighted by Gasteiger charge is -2.39. The zero-order valence-electron chi connectivity index (χ0n) is 13.3. The second-order valence-electron chi connectivity index (χ2n) is 6.40. The Bertz CT molecular complexity index is 783. The molecule has 0 aromatic heterocycles. The zero-order valence-corrected chi connectivity index (χ0v) is 13.3. The first kappa shape index (κ1) is 14.3. The van der Waals surface area contributed by atoms with Crippen molar-refractivity contribution in [1.29, 1.82) is 0 Å². The summed E-state index contributed by atoms with van der Waals surface area (Å²) in [7, 11) is 1.69. The van der Waals surface area contributed by atoms with Crippen LogP contribution < -0.4 is 10.1 Å². The molecule has 3 atom stereocenters. The Kier molecular flexibility index (Phi) is 3.37. The van der Waals surface area contributed by atoms with Gasteiger partial charge >= 0.3 is 0 Å². The molecule has 0 fully saturated rings. The van der Waals surface area contributed by atoms with E-state index in [9.17, 15) is 4.39 Å². The molecule has 2 nitrogen and oxygen atoms in total. The normalized spacial score (nSPS) is 24.7. The van der Waals surface area contributed by atoms with E-state index in [2.05, 4.69) is 30.5 Å². The average molecular weight is 309 g/mol. The molecule has 0 amide bonds. The molecule has 2 aliphatic rings. The number of aryl methyl sites for hydroxylation is 1. The monoisotopic (exact) mass is 309 g/mol. The van der Waals surface area contributed by atoms with Crippen LogP contribution in [-0.4, -0.2) is 7.11 Å². The van der Waals surface area contributed by atoms with Gasteiger partial charge in [0.25, 0.3) is 0 Å². The summed E-state index contributed by atoms with van der Waals surface area (Å²) in [5.74, 6) is 1.43. The van der Waals surface area contributed by atoms with Gasteiger partial charge in [0.15, 0.2) is 0 Å². The third kappa shape index (κ3) is 2.23. The fourth-order valence-electron chi connectivity index (χ4n) is 4.07. The van der Waals surface area contributed by atoms with Crippen LogP contribution in [0.1, 0.15) is 35.1 Å². The van der Waals surface area contributed by atoms with Gasteiger partial charge in [-0.05, 0) is 54.2 Å². The predicted octanol–water partition coefficient (Wildman–Crippen LogP) is 4.97. The third-order valence-corrected chi connectivity index (χ3v) is 5.13. The van der Waals surface area contributed by atoms with Gasteiger partial charge in [0, 0.05) is 5.92 Å². The fourth-order valence-corrected chi connectivity index (χ4v) is 4.07. The van der Waals surface area contributed by atoms with Crippen molar-refractivity contribution in [3.05, 3.63) is 71.1 Å². The molecule has 0 saturated heterocycles. The number of hydrogen-bond donors (Lipinski definition) is 1. The minimum Gasteiger partial charge on any atom is -0.495 e. The van der Waals surface area contributed by atoms with Gasteiger partial charge in [-0.15, -0.1) is 0 Å². The summed E-state index contributed by atoms with van der Waals surface area (Å²) >= 11 is 0. The minimum atomic E-state index is -0.186. The Balaban J connectivity index is 1.86. The molecule has 0 radical (unpaired) electrons. The van der Waals surface area contributed by atoms with E-state index in [1.54, 1.807) is 19.2 Å². The van der Waals surface area contributed by atoms with Gasteiger partial charge in [-0.3, -0.25) is 0 Å². The molecule has 23 heavy (non-hydrogen) atoms. The number of allylic oxidation sites excluding steroid dienone is 2. The van der Waals surface area contributed by atoms with Crippen molar-refractivity contribution in [2.45, 2.75) is 25.3 Å². The Morgan fingerprint density at radius 1 is 1.22 bits per heavy atom. The summed E-state index contributed by atoms with van der Waals surface area (Å²) in [5, 5.41) is 3.64. The molecule has 3 heteroatoms. The maximum Gasteiger partial charge on any atom is 0.142 e. The second kappa shape index (κ2) is 5.41. The van der Waals surface area contributed by atoms with Gasteiger partial charge in [0.1, 0.15) is 11.6 Å². The molecule has 2 aromatic rings. The minimum absolute atomic E-state index is 0.0916. The van der Waals surface area contributed by atoms with Crippen molar-refractivity contribution in [2.75, 3.05) is 12.4 Å². The Labute approximate surface area is 136 Å². The number of anilines is 1. The van der Waals surface area contributed by atoms with Gasteiger partial charge in [-0.25, -0.2) is 4.39 Å². The molecule has 1 N–H and O–H groups in total. The van der Waals surface area contributed by atoms with Crippen LogP contribution in [0.4, 0.5) is 10.1 Å². The number of fused-ring (bicyclic) bond motifs is 3. The van der Waals surface area contributed by atoms with Crippen LogP contribution in [0.5, 0.6) is 5.75 Å². The number of methoxy groups -OCH3 is 1. The summed E-state index contributed by atoms with van der Waals surface area (Å²) < 4.78 is 19.3. The van der Waals surface area contributed by atoms with E-state index in [-0.39, 0.29) is 11.9 Å². The molecule has 1 aliphatic heterocycles. The highest BCUT2D eigenvalue weighted by Crippen LogP contribution is 2.53. The van der Waals surface area contributed by atoms with Crippen LogP contribution >= 0.6 is 0 Å². The van der Waals surface area contributed by atoms with Crippen molar-refractivity contribution in [1.82, 2.24) is 0 Å². The van der Waals surface area contributed by atoms with Crippen molar-refractivity contribution < 1.29 is 9.13 Å². The van der Waals surface area contributed by atoms with E-state index in [0.29, 0.717) is 11.8 Å².